The number of nitrogens with one attached hydrogen (secondary N) is 1. The number of aryl methyl sites for hydroxylation is 1. The van der Waals surface area contributed by atoms with Crippen LogP contribution >= 0.6 is 0 Å². The summed E-state index contributed by atoms with van der Waals surface area (Å²) in [4.78, 5) is 27.9. The van der Waals surface area contributed by atoms with E-state index < -0.39 is 0 Å². The monoisotopic (exact) mass is 444 g/mol. The number of nitrogens with zero attached hydrogens (tertiary/aromatic N) is 1. The third-order valence-electron chi connectivity index (χ3n) is 5.48. The quantitative estimate of drug-likeness (QED) is 0.499. The van der Waals surface area contributed by atoms with E-state index in [0.29, 0.717) is 29.9 Å². The summed E-state index contributed by atoms with van der Waals surface area (Å²) in [5.74, 6) is -0.325. The van der Waals surface area contributed by atoms with Gasteiger partial charge in [-0.1, -0.05) is 42.0 Å². The number of halogens is 1. The predicted molar refractivity (Wildman–Crippen MR) is 126 cm³/mol. The number of anilines is 1. The largest absolute Gasteiger partial charge is 0.494 e. The number of hydrogen-bond acceptors (Lipinski definition) is 4. The van der Waals surface area contributed by atoms with Crippen molar-refractivity contribution < 1.29 is 18.7 Å². The summed E-state index contributed by atoms with van der Waals surface area (Å²) in [5.41, 5.74) is 3.85. The number of carbonyl (C=O) groups is 2. The molecule has 3 aromatic rings. The standard InChI is InChI=1S/C27H25FN2O3/c1-3-33-23-14-12-22(13-15-23)29-25-24(20-8-4-18(2)5-9-20)26(31)30(27(25)32)17-16-19-6-10-21(28)11-7-19/h4-15,29H,3,16-17H2,1-2H3. The molecule has 0 aromatic heterocycles. The van der Waals surface area contributed by atoms with Gasteiger partial charge in [-0.3, -0.25) is 14.5 Å². The molecule has 0 unspecified atom stereocenters. The fraction of sp³-hybridized carbons (Fsp3) is 0.185. The smallest absolute Gasteiger partial charge is 0.278 e. The SMILES string of the molecule is CCOc1ccc(NC2=C(c3ccc(C)cc3)C(=O)N(CCc3ccc(F)cc3)C2=O)cc1. The second kappa shape index (κ2) is 9.69. The maximum atomic E-state index is 13.3. The molecule has 0 saturated heterocycles. The molecule has 5 nitrogen and oxygen atoms in total. The van der Waals surface area contributed by atoms with Crippen molar-refractivity contribution >= 4 is 23.1 Å². The molecule has 1 N–H and O–H groups in total. The van der Waals surface area contributed by atoms with Crippen LogP contribution in [0.25, 0.3) is 5.57 Å². The Morgan fingerprint density at radius 3 is 2.18 bits per heavy atom. The van der Waals surface area contributed by atoms with Crippen molar-refractivity contribution in [1.82, 2.24) is 4.90 Å². The van der Waals surface area contributed by atoms with E-state index in [-0.39, 0.29) is 29.9 Å². The van der Waals surface area contributed by atoms with E-state index in [4.69, 9.17) is 4.74 Å². The van der Waals surface area contributed by atoms with E-state index in [2.05, 4.69) is 5.32 Å². The maximum Gasteiger partial charge on any atom is 0.278 e. The van der Waals surface area contributed by atoms with Gasteiger partial charge in [0.15, 0.2) is 0 Å². The van der Waals surface area contributed by atoms with Gasteiger partial charge in [-0.25, -0.2) is 4.39 Å². The molecule has 1 heterocycles. The molecule has 1 aliphatic heterocycles. The van der Waals surface area contributed by atoms with Gasteiger partial charge in [-0.05, 0) is 67.8 Å². The number of benzene rings is 3. The van der Waals surface area contributed by atoms with Crippen LogP contribution in [0, 0.1) is 12.7 Å². The van der Waals surface area contributed by atoms with Gasteiger partial charge < -0.3 is 10.1 Å². The summed E-state index contributed by atoms with van der Waals surface area (Å²) >= 11 is 0. The van der Waals surface area contributed by atoms with E-state index in [0.717, 1.165) is 16.9 Å². The number of hydrogen-bond donors (Lipinski definition) is 1. The average molecular weight is 445 g/mol. The molecule has 0 bridgehead atoms. The predicted octanol–water partition coefficient (Wildman–Crippen LogP) is 4.97. The third-order valence-corrected chi connectivity index (χ3v) is 5.48. The van der Waals surface area contributed by atoms with Gasteiger partial charge in [-0.2, -0.15) is 0 Å². The van der Waals surface area contributed by atoms with Gasteiger partial charge in [0.25, 0.3) is 11.8 Å². The zero-order valence-electron chi connectivity index (χ0n) is 18.6. The highest BCUT2D eigenvalue weighted by molar-refractivity contribution is 6.36. The Bertz CT molecular complexity index is 1180. The molecule has 0 radical (unpaired) electrons. The van der Waals surface area contributed by atoms with Crippen LogP contribution in [0.4, 0.5) is 10.1 Å². The maximum absolute atomic E-state index is 13.3. The van der Waals surface area contributed by atoms with Crippen LogP contribution in [0.5, 0.6) is 5.75 Å². The molecular formula is C27H25FN2O3. The lowest BCUT2D eigenvalue weighted by atomic mass is 10.0. The van der Waals surface area contributed by atoms with Crippen LogP contribution in [-0.4, -0.2) is 29.9 Å². The lowest BCUT2D eigenvalue weighted by Gasteiger charge is -2.15. The minimum atomic E-state index is -0.383. The molecule has 0 spiro atoms. The van der Waals surface area contributed by atoms with Crippen molar-refractivity contribution in [2.45, 2.75) is 20.3 Å². The molecule has 1 aliphatic rings. The van der Waals surface area contributed by atoms with Crippen molar-refractivity contribution in [2.24, 2.45) is 0 Å². The Morgan fingerprint density at radius 2 is 1.55 bits per heavy atom. The Hall–Kier alpha value is -3.93. The molecule has 4 rings (SSSR count). The van der Waals surface area contributed by atoms with Crippen LogP contribution in [-0.2, 0) is 16.0 Å². The molecular weight excluding hydrogens is 419 g/mol. The second-order valence-corrected chi connectivity index (χ2v) is 7.84. The summed E-state index contributed by atoms with van der Waals surface area (Å²) in [5, 5.41) is 3.15. The molecule has 6 heteroatoms. The highest BCUT2D eigenvalue weighted by Crippen LogP contribution is 2.31. The second-order valence-electron chi connectivity index (χ2n) is 7.84. The van der Waals surface area contributed by atoms with Crippen molar-refractivity contribution in [3.05, 3.63) is 101 Å². The summed E-state index contributed by atoms with van der Waals surface area (Å²) in [6.07, 6.45) is 0.440. The Labute approximate surface area is 192 Å². The molecule has 3 aromatic carbocycles. The molecule has 0 fully saturated rings. The first-order valence-electron chi connectivity index (χ1n) is 10.9. The molecule has 33 heavy (non-hydrogen) atoms. The van der Waals surface area contributed by atoms with E-state index in [1.807, 2.05) is 62.4 Å². The van der Waals surface area contributed by atoms with Crippen molar-refractivity contribution in [1.29, 1.82) is 0 Å². The minimum Gasteiger partial charge on any atom is -0.494 e. The zero-order chi connectivity index (χ0) is 23.4. The van der Waals surface area contributed by atoms with Gasteiger partial charge in [-0.15, -0.1) is 0 Å². The Morgan fingerprint density at radius 1 is 0.879 bits per heavy atom. The van der Waals surface area contributed by atoms with Crippen molar-refractivity contribution in [3.8, 4) is 5.75 Å². The van der Waals surface area contributed by atoms with E-state index in [1.165, 1.54) is 17.0 Å². The van der Waals surface area contributed by atoms with Gasteiger partial charge >= 0.3 is 0 Å². The minimum absolute atomic E-state index is 0.202. The first-order chi connectivity index (χ1) is 16.0. The van der Waals surface area contributed by atoms with Gasteiger partial charge in [0, 0.05) is 12.2 Å². The van der Waals surface area contributed by atoms with Gasteiger partial charge in [0.1, 0.15) is 17.3 Å². The number of ether oxygens (including phenoxy) is 1. The summed E-state index contributed by atoms with van der Waals surface area (Å²) < 4.78 is 18.7. The number of amides is 2. The van der Waals surface area contributed by atoms with Crippen molar-refractivity contribution in [3.63, 3.8) is 0 Å². The summed E-state index contributed by atoms with van der Waals surface area (Å²) in [6.45, 7) is 4.64. The molecule has 0 saturated carbocycles. The van der Waals surface area contributed by atoms with Crippen molar-refractivity contribution in [2.75, 3.05) is 18.5 Å². The Balaban J connectivity index is 1.62. The van der Waals surface area contributed by atoms with Gasteiger partial charge in [0.05, 0.1) is 12.2 Å². The number of carbonyl (C=O) groups excluding carboxylic acids is 2. The lowest BCUT2D eigenvalue weighted by molar-refractivity contribution is -0.136. The van der Waals surface area contributed by atoms with E-state index >= 15 is 0 Å². The van der Waals surface area contributed by atoms with Crippen LogP contribution < -0.4 is 10.1 Å². The highest BCUT2D eigenvalue weighted by Gasteiger charge is 2.38. The van der Waals surface area contributed by atoms with E-state index in [1.54, 1.807) is 12.1 Å². The van der Waals surface area contributed by atoms with Crippen LogP contribution in [0.2, 0.25) is 0 Å². The van der Waals surface area contributed by atoms with Crippen LogP contribution in [0.3, 0.4) is 0 Å². The third kappa shape index (κ3) is 4.95. The fourth-order valence-corrected chi connectivity index (χ4v) is 3.72. The molecule has 168 valence electrons. The first-order valence-corrected chi connectivity index (χ1v) is 10.9. The molecule has 0 aliphatic carbocycles. The summed E-state index contributed by atoms with van der Waals surface area (Å²) in [7, 11) is 0. The van der Waals surface area contributed by atoms with Crippen LogP contribution in [0.1, 0.15) is 23.6 Å². The zero-order valence-corrected chi connectivity index (χ0v) is 18.6. The Kier molecular flexibility index (Phi) is 6.54. The number of rotatable bonds is 8. The molecule has 0 atom stereocenters. The first kappa shape index (κ1) is 22.3. The fourth-order valence-electron chi connectivity index (χ4n) is 3.72. The topological polar surface area (TPSA) is 58.6 Å². The van der Waals surface area contributed by atoms with E-state index in [9.17, 15) is 14.0 Å². The van der Waals surface area contributed by atoms with Crippen LogP contribution in [0.15, 0.2) is 78.5 Å². The molecule has 2 amide bonds. The summed E-state index contributed by atoms with van der Waals surface area (Å²) in [6, 6.07) is 20.8. The highest BCUT2D eigenvalue weighted by atomic mass is 19.1. The normalized spacial score (nSPS) is 13.6. The number of imide groups is 1. The average Bonchev–Trinajstić information content (AvgIpc) is 3.04. The van der Waals surface area contributed by atoms with Gasteiger partial charge in [0.2, 0.25) is 0 Å². The lowest BCUT2D eigenvalue weighted by Crippen LogP contribution is -2.34.